The molecule has 0 saturated heterocycles. The smallest absolute Gasteiger partial charge is 0.226 e. The Kier molecular flexibility index (Phi) is 6.59. The van der Waals surface area contributed by atoms with Crippen LogP contribution in [0.15, 0.2) is 11.6 Å². The first-order valence-corrected chi connectivity index (χ1v) is 7.08. The van der Waals surface area contributed by atoms with Crippen molar-refractivity contribution in [2.45, 2.75) is 32.1 Å². The van der Waals surface area contributed by atoms with Gasteiger partial charge in [0.25, 0.3) is 0 Å². The third-order valence-electron chi connectivity index (χ3n) is 1.97. The number of alkyl halides is 1. The Morgan fingerprint density at radius 2 is 2.20 bits per heavy atom. The van der Waals surface area contributed by atoms with Crippen LogP contribution in [0.1, 0.15) is 32.1 Å². The van der Waals surface area contributed by atoms with E-state index < -0.39 is 0 Å². The van der Waals surface area contributed by atoms with Crippen LogP contribution < -0.4 is 5.32 Å². The standard InChI is InChI=1S/C10H15BrN2OS/c11-6-4-2-1-3-5-9(14)13-10-12-7-8-15-10/h7-8H,1-6H2,(H,12,13,14). The maximum atomic E-state index is 11.4. The third kappa shape index (κ3) is 5.89. The molecule has 0 radical (unpaired) electrons. The van der Waals surface area contributed by atoms with E-state index in [1.807, 2.05) is 5.38 Å². The van der Waals surface area contributed by atoms with Gasteiger partial charge in [0.1, 0.15) is 0 Å². The third-order valence-corrected chi connectivity index (χ3v) is 3.22. The molecule has 3 nitrogen and oxygen atoms in total. The average molecular weight is 291 g/mol. The molecule has 0 aliphatic carbocycles. The van der Waals surface area contributed by atoms with Crippen molar-refractivity contribution >= 4 is 38.3 Å². The molecular weight excluding hydrogens is 276 g/mol. The zero-order chi connectivity index (χ0) is 10.9. The van der Waals surface area contributed by atoms with E-state index in [-0.39, 0.29) is 5.91 Å². The number of hydrogen-bond acceptors (Lipinski definition) is 3. The number of thiazole rings is 1. The van der Waals surface area contributed by atoms with Crippen LogP contribution >= 0.6 is 27.3 Å². The Hall–Kier alpha value is -0.420. The summed E-state index contributed by atoms with van der Waals surface area (Å²) in [5.74, 6) is 0.0730. The number of unbranched alkanes of at least 4 members (excludes halogenated alkanes) is 3. The molecule has 5 heteroatoms. The summed E-state index contributed by atoms with van der Waals surface area (Å²) in [4.78, 5) is 15.4. The van der Waals surface area contributed by atoms with Gasteiger partial charge in [0.2, 0.25) is 5.91 Å². The molecule has 0 fully saturated rings. The Morgan fingerprint density at radius 1 is 1.40 bits per heavy atom. The molecule has 1 rings (SSSR count). The largest absolute Gasteiger partial charge is 0.302 e. The molecule has 0 unspecified atom stereocenters. The number of rotatable bonds is 7. The zero-order valence-corrected chi connectivity index (χ0v) is 10.9. The number of nitrogens with one attached hydrogen (secondary N) is 1. The molecule has 1 N–H and O–H groups in total. The zero-order valence-electron chi connectivity index (χ0n) is 8.54. The molecule has 1 aromatic heterocycles. The van der Waals surface area contributed by atoms with E-state index in [0.717, 1.165) is 18.2 Å². The van der Waals surface area contributed by atoms with E-state index in [0.29, 0.717) is 11.6 Å². The van der Waals surface area contributed by atoms with Gasteiger partial charge >= 0.3 is 0 Å². The van der Waals surface area contributed by atoms with Gasteiger partial charge < -0.3 is 5.32 Å². The van der Waals surface area contributed by atoms with Gasteiger partial charge in [0.15, 0.2) is 5.13 Å². The minimum atomic E-state index is 0.0730. The van der Waals surface area contributed by atoms with Crippen LogP contribution in [0.2, 0.25) is 0 Å². The maximum Gasteiger partial charge on any atom is 0.226 e. The molecule has 1 heterocycles. The lowest BCUT2D eigenvalue weighted by molar-refractivity contribution is -0.116. The molecule has 15 heavy (non-hydrogen) atoms. The van der Waals surface area contributed by atoms with Crippen LogP contribution in [0.3, 0.4) is 0 Å². The van der Waals surface area contributed by atoms with Crippen molar-refractivity contribution in [2.75, 3.05) is 10.6 Å². The number of nitrogens with zero attached hydrogens (tertiary/aromatic N) is 1. The van der Waals surface area contributed by atoms with Crippen LogP contribution in [0, 0.1) is 0 Å². The van der Waals surface area contributed by atoms with E-state index in [1.54, 1.807) is 6.20 Å². The molecule has 0 atom stereocenters. The number of halogens is 1. The SMILES string of the molecule is O=C(CCCCCCBr)Nc1nccs1. The van der Waals surface area contributed by atoms with Gasteiger partial charge in [-0.25, -0.2) is 4.98 Å². The van der Waals surface area contributed by atoms with Crippen LogP contribution in [0.5, 0.6) is 0 Å². The first kappa shape index (κ1) is 12.6. The van der Waals surface area contributed by atoms with Gasteiger partial charge in [-0.2, -0.15) is 0 Å². The number of hydrogen-bond donors (Lipinski definition) is 1. The lowest BCUT2D eigenvalue weighted by atomic mass is 10.1. The highest BCUT2D eigenvalue weighted by Gasteiger charge is 2.02. The van der Waals surface area contributed by atoms with E-state index in [9.17, 15) is 4.79 Å². The quantitative estimate of drug-likeness (QED) is 0.617. The monoisotopic (exact) mass is 290 g/mol. The van der Waals surface area contributed by atoms with Crippen LogP contribution in [-0.2, 0) is 4.79 Å². The molecule has 0 aliphatic heterocycles. The van der Waals surface area contributed by atoms with E-state index in [4.69, 9.17) is 0 Å². The predicted octanol–water partition coefficient (Wildman–Crippen LogP) is 3.43. The number of anilines is 1. The normalized spacial score (nSPS) is 10.2. The summed E-state index contributed by atoms with van der Waals surface area (Å²) in [6.07, 6.45) is 6.75. The van der Waals surface area contributed by atoms with Crippen LogP contribution in [-0.4, -0.2) is 16.2 Å². The molecule has 0 aliphatic rings. The van der Waals surface area contributed by atoms with Crippen molar-refractivity contribution in [2.24, 2.45) is 0 Å². The molecule has 1 amide bonds. The van der Waals surface area contributed by atoms with Crippen LogP contribution in [0.25, 0.3) is 0 Å². The Morgan fingerprint density at radius 3 is 2.87 bits per heavy atom. The van der Waals surface area contributed by atoms with Crippen LogP contribution in [0.4, 0.5) is 5.13 Å². The number of carbonyl (C=O) groups excluding carboxylic acids is 1. The maximum absolute atomic E-state index is 11.4. The summed E-state index contributed by atoms with van der Waals surface area (Å²) in [5.41, 5.74) is 0. The Bertz CT molecular complexity index is 277. The minimum absolute atomic E-state index is 0.0730. The minimum Gasteiger partial charge on any atom is -0.302 e. The van der Waals surface area contributed by atoms with Gasteiger partial charge in [-0.05, 0) is 12.8 Å². The molecule has 84 valence electrons. The summed E-state index contributed by atoms with van der Waals surface area (Å²) in [7, 11) is 0. The molecular formula is C10H15BrN2OS. The highest BCUT2D eigenvalue weighted by atomic mass is 79.9. The molecule has 0 saturated carbocycles. The van der Waals surface area contributed by atoms with E-state index >= 15 is 0 Å². The van der Waals surface area contributed by atoms with Crippen molar-refractivity contribution in [3.05, 3.63) is 11.6 Å². The van der Waals surface area contributed by atoms with Gasteiger partial charge in [-0.15, -0.1) is 11.3 Å². The lowest BCUT2D eigenvalue weighted by Gasteiger charge is -2.01. The van der Waals surface area contributed by atoms with Crippen molar-refractivity contribution < 1.29 is 4.79 Å². The molecule has 0 bridgehead atoms. The fourth-order valence-corrected chi connectivity index (χ4v) is 2.14. The van der Waals surface area contributed by atoms with Gasteiger partial charge in [0, 0.05) is 23.3 Å². The second-order valence-electron chi connectivity index (χ2n) is 3.24. The first-order valence-electron chi connectivity index (χ1n) is 5.08. The summed E-state index contributed by atoms with van der Waals surface area (Å²) in [6, 6.07) is 0. The van der Waals surface area contributed by atoms with E-state index in [1.165, 1.54) is 24.2 Å². The highest BCUT2D eigenvalue weighted by Crippen LogP contribution is 2.11. The second-order valence-corrected chi connectivity index (χ2v) is 4.93. The number of aromatic nitrogens is 1. The summed E-state index contributed by atoms with van der Waals surface area (Å²) in [6.45, 7) is 0. The predicted molar refractivity (Wildman–Crippen MR) is 67.6 cm³/mol. The first-order chi connectivity index (χ1) is 7.33. The lowest BCUT2D eigenvalue weighted by Crippen LogP contribution is -2.10. The highest BCUT2D eigenvalue weighted by molar-refractivity contribution is 9.09. The second kappa shape index (κ2) is 7.82. The van der Waals surface area contributed by atoms with Crippen molar-refractivity contribution in [1.29, 1.82) is 0 Å². The number of carbonyl (C=O) groups is 1. The summed E-state index contributed by atoms with van der Waals surface area (Å²) in [5, 5.41) is 6.37. The summed E-state index contributed by atoms with van der Waals surface area (Å²) < 4.78 is 0. The Balaban J connectivity index is 2.04. The molecule has 0 spiro atoms. The van der Waals surface area contributed by atoms with Crippen molar-refractivity contribution in [3.8, 4) is 0 Å². The van der Waals surface area contributed by atoms with Crippen molar-refractivity contribution in [1.82, 2.24) is 4.98 Å². The molecule has 1 aromatic rings. The van der Waals surface area contributed by atoms with Gasteiger partial charge in [-0.3, -0.25) is 4.79 Å². The van der Waals surface area contributed by atoms with Gasteiger partial charge in [0.05, 0.1) is 0 Å². The fraction of sp³-hybridized carbons (Fsp3) is 0.600. The molecule has 0 aromatic carbocycles. The Labute approximate surface area is 102 Å². The summed E-state index contributed by atoms with van der Waals surface area (Å²) >= 11 is 4.83. The van der Waals surface area contributed by atoms with Crippen molar-refractivity contribution in [3.63, 3.8) is 0 Å². The van der Waals surface area contributed by atoms with Gasteiger partial charge in [-0.1, -0.05) is 28.8 Å². The fourth-order valence-electron chi connectivity index (χ4n) is 1.20. The average Bonchev–Trinajstić information content (AvgIpc) is 2.70. The number of amides is 1. The topological polar surface area (TPSA) is 42.0 Å². The van der Waals surface area contributed by atoms with E-state index in [2.05, 4.69) is 26.2 Å².